The minimum atomic E-state index is -0.421. The first kappa shape index (κ1) is 10.1. The number of aliphatic hydroxyl groups is 1. The van der Waals surface area contributed by atoms with Gasteiger partial charge in [0.1, 0.15) is 0 Å². The zero-order valence-electron chi connectivity index (χ0n) is 8.87. The molecule has 1 aliphatic heterocycles. The van der Waals surface area contributed by atoms with Crippen molar-refractivity contribution in [1.82, 2.24) is 10.1 Å². The summed E-state index contributed by atoms with van der Waals surface area (Å²) in [6.45, 7) is 0.698. The van der Waals surface area contributed by atoms with Crippen LogP contribution in [0.25, 0.3) is 11.5 Å². The minimum absolute atomic E-state index is 0.225. The van der Waals surface area contributed by atoms with Crippen molar-refractivity contribution in [2.45, 2.75) is 6.10 Å². The van der Waals surface area contributed by atoms with E-state index in [-0.39, 0.29) is 11.6 Å². The second-order valence-electron chi connectivity index (χ2n) is 3.92. The summed E-state index contributed by atoms with van der Waals surface area (Å²) in [4.78, 5) is 13.3. The second kappa shape index (κ2) is 3.74. The normalized spacial score (nSPS) is 15.9. The van der Waals surface area contributed by atoms with Gasteiger partial charge in [-0.2, -0.15) is 0 Å². The van der Waals surface area contributed by atoms with Crippen LogP contribution in [0.2, 0.25) is 0 Å². The molecule has 1 fully saturated rings. The van der Waals surface area contributed by atoms with Crippen molar-refractivity contribution >= 4 is 5.91 Å². The van der Waals surface area contributed by atoms with E-state index in [0.717, 1.165) is 0 Å². The van der Waals surface area contributed by atoms with Gasteiger partial charge in [0.2, 0.25) is 5.76 Å². The van der Waals surface area contributed by atoms with Crippen molar-refractivity contribution in [3.8, 4) is 11.5 Å². The monoisotopic (exact) mass is 234 g/mol. The van der Waals surface area contributed by atoms with Crippen LogP contribution in [0.1, 0.15) is 10.5 Å². The summed E-state index contributed by atoms with van der Waals surface area (Å²) >= 11 is 0. The third-order valence-electron chi connectivity index (χ3n) is 2.64. The van der Waals surface area contributed by atoms with Gasteiger partial charge >= 0.3 is 0 Å². The Hall–Kier alpha value is -2.08. The number of likely N-dealkylation sites (tertiary alicyclic amines) is 1. The third-order valence-corrected chi connectivity index (χ3v) is 2.64. The van der Waals surface area contributed by atoms with E-state index in [2.05, 4.69) is 5.16 Å². The van der Waals surface area contributed by atoms with Gasteiger partial charge in [-0.25, -0.2) is 0 Å². The smallest absolute Gasteiger partial charge is 0.276 e. The van der Waals surface area contributed by atoms with Gasteiger partial charge < -0.3 is 18.9 Å². The highest BCUT2D eigenvalue weighted by Crippen LogP contribution is 2.22. The predicted octanol–water partition coefficient (Wildman–Crippen LogP) is 0.751. The number of hydrogen-bond donors (Lipinski definition) is 1. The molecule has 1 aliphatic rings. The molecule has 0 unspecified atom stereocenters. The summed E-state index contributed by atoms with van der Waals surface area (Å²) in [6.07, 6.45) is 1.10. The second-order valence-corrected chi connectivity index (χ2v) is 3.92. The number of amides is 1. The van der Waals surface area contributed by atoms with Crippen molar-refractivity contribution in [3.63, 3.8) is 0 Å². The van der Waals surface area contributed by atoms with Crippen molar-refractivity contribution in [2.75, 3.05) is 13.1 Å². The van der Waals surface area contributed by atoms with Crippen LogP contribution in [0.15, 0.2) is 33.4 Å². The van der Waals surface area contributed by atoms with Crippen molar-refractivity contribution in [3.05, 3.63) is 30.2 Å². The molecule has 0 aromatic carbocycles. The fourth-order valence-corrected chi connectivity index (χ4v) is 1.69. The molecule has 2 aromatic heterocycles. The van der Waals surface area contributed by atoms with Gasteiger partial charge in [0.05, 0.1) is 12.4 Å². The molecule has 0 spiro atoms. The van der Waals surface area contributed by atoms with Crippen molar-refractivity contribution in [1.29, 1.82) is 0 Å². The number of furan rings is 1. The van der Waals surface area contributed by atoms with Crippen LogP contribution < -0.4 is 0 Å². The molecule has 6 nitrogen and oxygen atoms in total. The van der Waals surface area contributed by atoms with Crippen LogP contribution in [0, 0.1) is 0 Å². The molecule has 6 heteroatoms. The van der Waals surface area contributed by atoms with Crippen LogP contribution >= 0.6 is 0 Å². The number of aliphatic hydroxyl groups excluding tert-OH is 1. The first-order valence-electron chi connectivity index (χ1n) is 5.22. The maximum absolute atomic E-state index is 11.8. The van der Waals surface area contributed by atoms with Gasteiger partial charge in [0, 0.05) is 19.2 Å². The molecule has 0 bridgehead atoms. The highest BCUT2D eigenvalue weighted by molar-refractivity contribution is 5.93. The number of carbonyl (C=O) groups excluding carboxylic acids is 1. The van der Waals surface area contributed by atoms with E-state index in [1.165, 1.54) is 17.2 Å². The van der Waals surface area contributed by atoms with Crippen LogP contribution in [-0.2, 0) is 0 Å². The van der Waals surface area contributed by atoms with E-state index < -0.39 is 6.10 Å². The Morgan fingerprint density at radius 1 is 1.47 bits per heavy atom. The topological polar surface area (TPSA) is 79.7 Å². The first-order valence-corrected chi connectivity index (χ1v) is 5.22. The highest BCUT2D eigenvalue weighted by Gasteiger charge is 2.31. The lowest BCUT2D eigenvalue weighted by molar-refractivity contribution is 0.00525. The fraction of sp³-hybridized carbons (Fsp3) is 0.273. The largest absolute Gasteiger partial charge is 0.461 e. The van der Waals surface area contributed by atoms with E-state index in [4.69, 9.17) is 14.0 Å². The van der Waals surface area contributed by atoms with Gasteiger partial charge in [-0.15, -0.1) is 0 Å². The summed E-state index contributed by atoms with van der Waals surface area (Å²) in [5.74, 6) is 0.705. The molecule has 0 aliphatic carbocycles. The average Bonchev–Trinajstić information content (AvgIpc) is 2.92. The number of hydrogen-bond acceptors (Lipinski definition) is 5. The standard InChI is InChI=1S/C11H10N2O4/c14-7-5-13(6-7)11(15)8-4-10(17-12-8)9-2-1-3-16-9/h1-4,7,14H,5-6H2. The minimum Gasteiger partial charge on any atom is -0.461 e. The Bertz CT molecular complexity index is 525. The number of carbonyl (C=O) groups is 1. The van der Waals surface area contributed by atoms with E-state index in [9.17, 15) is 4.79 Å². The van der Waals surface area contributed by atoms with E-state index >= 15 is 0 Å². The fourth-order valence-electron chi connectivity index (χ4n) is 1.69. The third kappa shape index (κ3) is 1.72. The Labute approximate surface area is 96.4 Å². The molecule has 3 rings (SSSR count). The van der Waals surface area contributed by atoms with Crippen molar-refractivity contribution in [2.24, 2.45) is 0 Å². The van der Waals surface area contributed by atoms with Crippen LogP contribution in [0.4, 0.5) is 0 Å². The predicted molar refractivity (Wildman–Crippen MR) is 56.1 cm³/mol. The average molecular weight is 234 g/mol. The van der Waals surface area contributed by atoms with Crippen molar-refractivity contribution < 1.29 is 18.8 Å². The molecule has 0 saturated carbocycles. The molecule has 2 aromatic rings. The van der Waals surface area contributed by atoms with Gasteiger partial charge in [-0.3, -0.25) is 4.79 Å². The molecule has 0 atom stereocenters. The number of aromatic nitrogens is 1. The Balaban J connectivity index is 1.79. The summed E-state index contributed by atoms with van der Waals surface area (Å²) in [6, 6.07) is 4.99. The summed E-state index contributed by atoms with van der Waals surface area (Å²) in [5.41, 5.74) is 0.225. The van der Waals surface area contributed by atoms with E-state index in [1.807, 2.05) is 0 Å². The number of rotatable bonds is 2. The van der Waals surface area contributed by atoms with Crippen LogP contribution in [0.3, 0.4) is 0 Å². The quantitative estimate of drug-likeness (QED) is 0.829. The molecule has 1 N–H and O–H groups in total. The SMILES string of the molecule is O=C(c1cc(-c2ccco2)on1)N1CC(O)C1. The highest BCUT2D eigenvalue weighted by atomic mass is 16.5. The molecule has 88 valence electrons. The lowest BCUT2D eigenvalue weighted by atomic mass is 10.1. The van der Waals surface area contributed by atoms with Gasteiger partial charge in [-0.05, 0) is 12.1 Å². The van der Waals surface area contributed by atoms with Gasteiger partial charge in [-0.1, -0.05) is 5.16 Å². The first-order chi connectivity index (χ1) is 8.24. The molecule has 0 radical (unpaired) electrons. The Morgan fingerprint density at radius 2 is 2.29 bits per heavy atom. The molecular formula is C11H10N2O4. The lowest BCUT2D eigenvalue weighted by Crippen LogP contribution is -2.53. The van der Waals surface area contributed by atoms with E-state index in [1.54, 1.807) is 12.1 Å². The summed E-state index contributed by atoms with van der Waals surface area (Å²) in [5, 5.41) is 12.8. The van der Waals surface area contributed by atoms with Gasteiger partial charge in [0.15, 0.2) is 11.5 Å². The van der Waals surface area contributed by atoms with Crippen LogP contribution in [0.5, 0.6) is 0 Å². The Morgan fingerprint density at radius 3 is 2.94 bits per heavy atom. The zero-order valence-corrected chi connectivity index (χ0v) is 8.87. The maximum Gasteiger partial charge on any atom is 0.276 e. The Kier molecular flexibility index (Phi) is 2.22. The molecule has 17 heavy (non-hydrogen) atoms. The molecule has 1 saturated heterocycles. The lowest BCUT2D eigenvalue weighted by Gasteiger charge is -2.35. The molecule has 1 amide bonds. The maximum atomic E-state index is 11.8. The van der Waals surface area contributed by atoms with Gasteiger partial charge in [0.25, 0.3) is 5.91 Å². The molecular weight excluding hydrogens is 224 g/mol. The summed E-state index contributed by atoms with van der Waals surface area (Å²) < 4.78 is 10.2. The van der Waals surface area contributed by atoms with Crippen LogP contribution in [-0.4, -0.2) is 40.3 Å². The summed E-state index contributed by atoms with van der Waals surface area (Å²) in [7, 11) is 0. The zero-order chi connectivity index (χ0) is 11.8. The number of β-amino-alcohol motifs (C(OH)–C–C–N with tert-alkyl or cyclic N) is 1. The molecule has 3 heterocycles. The van der Waals surface area contributed by atoms with E-state index in [0.29, 0.717) is 24.6 Å². The number of nitrogens with zero attached hydrogens (tertiary/aromatic N) is 2.